The van der Waals surface area contributed by atoms with Gasteiger partial charge in [-0.2, -0.15) is 0 Å². The SMILES string of the molecule is O=CCNC(=O)C(Cc1ccccc1)C(=O)O. The quantitative estimate of drug-likeness (QED) is 0.546. The summed E-state index contributed by atoms with van der Waals surface area (Å²) in [5.74, 6) is -3.01. The average Bonchev–Trinajstić information content (AvgIpc) is 2.34. The number of aliphatic carboxylic acids is 1. The number of carbonyl (C=O) groups excluding carboxylic acids is 2. The minimum absolute atomic E-state index is 0.112. The van der Waals surface area contributed by atoms with Crippen LogP contribution in [0.4, 0.5) is 0 Å². The fourth-order valence-electron chi connectivity index (χ4n) is 1.41. The van der Waals surface area contributed by atoms with E-state index in [2.05, 4.69) is 5.32 Å². The van der Waals surface area contributed by atoms with E-state index in [0.717, 1.165) is 5.56 Å². The fraction of sp³-hybridized carbons (Fsp3) is 0.250. The highest BCUT2D eigenvalue weighted by Crippen LogP contribution is 2.09. The van der Waals surface area contributed by atoms with Crippen LogP contribution in [0, 0.1) is 5.92 Å². The third-order valence-electron chi connectivity index (χ3n) is 2.26. The number of carboxylic acids is 1. The van der Waals surface area contributed by atoms with Crippen molar-refractivity contribution in [1.29, 1.82) is 0 Å². The minimum atomic E-state index is -1.20. The summed E-state index contributed by atoms with van der Waals surface area (Å²) in [6.45, 7) is -0.169. The normalized spacial score (nSPS) is 11.5. The molecule has 1 atom stereocenters. The molecule has 5 nitrogen and oxygen atoms in total. The van der Waals surface area contributed by atoms with Crippen LogP contribution in [0.3, 0.4) is 0 Å². The minimum Gasteiger partial charge on any atom is -0.481 e. The summed E-state index contributed by atoms with van der Waals surface area (Å²) in [5, 5.41) is 11.2. The maximum atomic E-state index is 11.5. The molecule has 0 saturated heterocycles. The van der Waals surface area contributed by atoms with Gasteiger partial charge in [0, 0.05) is 0 Å². The summed E-state index contributed by atoms with van der Waals surface area (Å²) >= 11 is 0. The lowest BCUT2D eigenvalue weighted by atomic mass is 9.99. The topological polar surface area (TPSA) is 83.5 Å². The maximum absolute atomic E-state index is 11.5. The molecular weight excluding hydrogens is 222 g/mol. The molecule has 0 aliphatic carbocycles. The molecular formula is C12H13NO4. The van der Waals surface area contributed by atoms with Crippen LogP contribution in [0.15, 0.2) is 30.3 Å². The lowest BCUT2D eigenvalue weighted by Gasteiger charge is -2.11. The molecule has 0 aromatic heterocycles. The Hall–Kier alpha value is -2.17. The van der Waals surface area contributed by atoms with Crippen molar-refractivity contribution in [1.82, 2.24) is 5.32 Å². The number of carboxylic acid groups (broad SMARTS) is 1. The molecule has 0 radical (unpaired) electrons. The van der Waals surface area contributed by atoms with E-state index >= 15 is 0 Å². The van der Waals surface area contributed by atoms with Gasteiger partial charge in [-0.1, -0.05) is 30.3 Å². The van der Waals surface area contributed by atoms with Crippen LogP contribution in [0.1, 0.15) is 5.56 Å². The van der Waals surface area contributed by atoms with Gasteiger partial charge >= 0.3 is 5.97 Å². The molecule has 0 spiro atoms. The Morgan fingerprint density at radius 2 is 1.94 bits per heavy atom. The van der Waals surface area contributed by atoms with Gasteiger partial charge in [-0.3, -0.25) is 9.59 Å². The Kier molecular flexibility index (Phi) is 4.87. The number of benzene rings is 1. The Labute approximate surface area is 98.4 Å². The first-order valence-corrected chi connectivity index (χ1v) is 5.13. The second-order valence-electron chi connectivity index (χ2n) is 3.49. The summed E-state index contributed by atoms with van der Waals surface area (Å²) in [6, 6.07) is 8.87. The van der Waals surface area contributed by atoms with Crippen molar-refractivity contribution in [2.45, 2.75) is 6.42 Å². The average molecular weight is 235 g/mol. The van der Waals surface area contributed by atoms with Gasteiger partial charge in [0.25, 0.3) is 0 Å². The van der Waals surface area contributed by atoms with E-state index in [1.165, 1.54) is 0 Å². The van der Waals surface area contributed by atoms with Crippen LogP contribution in [0.5, 0.6) is 0 Å². The van der Waals surface area contributed by atoms with Crippen LogP contribution >= 0.6 is 0 Å². The van der Waals surface area contributed by atoms with Crippen LogP contribution in [0.25, 0.3) is 0 Å². The van der Waals surface area contributed by atoms with Gasteiger partial charge in [-0.25, -0.2) is 0 Å². The summed E-state index contributed by atoms with van der Waals surface area (Å²) < 4.78 is 0. The second kappa shape index (κ2) is 6.42. The molecule has 90 valence electrons. The van der Waals surface area contributed by atoms with E-state index in [0.29, 0.717) is 6.29 Å². The first kappa shape index (κ1) is 12.9. The van der Waals surface area contributed by atoms with Crippen LogP contribution < -0.4 is 5.32 Å². The first-order chi connectivity index (χ1) is 8.15. The summed E-state index contributed by atoms with van der Waals surface area (Å²) in [5.41, 5.74) is 0.765. The van der Waals surface area contributed by atoms with Crippen LogP contribution in [-0.2, 0) is 20.8 Å². The Morgan fingerprint density at radius 1 is 1.29 bits per heavy atom. The van der Waals surface area contributed by atoms with E-state index in [-0.39, 0.29) is 13.0 Å². The van der Waals surface area contributed by atoms with Crippen LogP contribution in [-0.4, -0.2) is 29.8 Å². The number of amides is 1. The van der Waals surface area contributed by atoms with Crippen LogP contribution in [0.2, 0.25) is 0 Å². The third kappa shape index (κ3) is 4.06. The van der Waals surface area contributed by atoms with E-state index in [9.17, 15) is 14.4 Å². The van der Waals surface area contributed by atoms with E-state index in [1.54, 1.807) is 24.3 Å². The van der Waals surface area contributed by atoms with Crippen molar-refractivity contribution in [2.75, 3.05) is 6.54 Å². The molecule has 1 amide bonds. The molecule has 0 fully saturated rings. The molecule has 1 rings (SSSR count). The zero-order valence-electron chi connectivity index (χ0n) is 9.13. The molecule has 0 aliphatic rings. The molecule has 1 aromatic rings. The monoisotopic (exact) mass is 235 g/mol. The molecule has 2 N–H and O–H groups in total. The largest absolute Gasteiger partial charge is 0.481 e. The smallest absolute Gasteiger partial charge is 0.316 e. The van der Waals surface area contributed by atoms with Crippen molar-refractivity contribution >= 4 is 18.2 Å². The zero-order valence-corrected chi connectivity index (χ0v) is 9.13. The van der Waals surface area contributed by atoms with Crippen molar-refractivity contribution in [2.24, 2.45) is 5.92 Å². The first-order valence-electron chi connectivity index (χ1n) is 5.13. The predicted molar refractivity (Wildman–Crippen MR) is 60.3 cm³/mol. The summed E-state index contributed by atoms with van der Waals surface area (Å²) in [4.78, 5) is 32.6. The predicted octanol–water partition coefficient (Wildman–Crippen LogP) is 0.245. The Bertz CT molecular complexity index is 402. The van der Waals surface area contributed by atoms with E-state index in [4.69, 9.17) is 5.11 Å². The lowest BCUT2D eigenvalue weighted by Crippen LogP contribution is -2.37. The van der Waals surface area contributed by atoms with Gasteiger partial charge in [0.2, 0.25) is 5.91 Å². The van der Waals surface area contributed by atoms with Crippen molar-refractivity contribution in [3.05, 3.63) is 35.9 Å². The fourth-order valence-corrected chi connectivity index (χ4v) is 1.41. The van der Waals surface area contributed by atoms with Gasteiger partial charge < -0.3 is 15.2 Å². The Morgan fingerprint density at radius 3 is 2.47 bits per heavy atom. The van der Waals surface area contributed by atoms with Gasteiger partial charge in [-0.05, 0) is 12.0 Å². The van der Waals surface area contributed by atoms with Gasteiger partial charge in [-0.15, -0.1) is 0 Å². The number of aldehydes is 1. The number of hydrogen-bond donors (Lipinski definition) is 2. The molecule has 1 unspecified atom stereocenters. The molecule has 0 heterocycles. The van der Waals surface area contributed by atoms with Gasteiger partial charge in [0.05, 0.1) is 6.54 Å². The maximum Gasteiger partial charge on any atom is 0.316 e. The van der Waals surface area contributed by atoms with Crippen molar-refractivity contribution in [3.63, 3.8) is 0 Å². The van der Waals surface area contributed by atoms with E-state index in [1.807, 2.05) is 6.07 Å². The second-order valence-corrected chi connectivity index (χ2v) is 3.49. The van der Waals surface area contributed by atoms with Crippen molar-refractivity contribution < 1.29 is 19.5 Å². The molecule has 0 saturated carbocycles. The van der Waals surface area contributed by atoms with Crippen molar-refractivity contribution in [3.8, 4) is 0 Å². The molecule has 0 aliphatic heterocycles. The third-order valence-corrected chi connectivity index (χ3v) is 2.26. The number of hydrogen-bond acceptors (Lipinski definition) is 3. The molecule has 1 aromatic carbocycles. The lowest BCUT2D eigenvalue weighted by molar-refractivity contribution is -0.147. The standard InChI is InChI=1S/C12H13NO4/c14-7-6-13-11(15)10(12(16)17)8-9-4-2-1-3-5-9/h1-5,7,10H,6,8H2,(H,13,15)(H,16,17). The highest BCUT2D eigenvalue weighted by atomic mass is 16.4. The summed E-state index contributed by atoms with van der Waals surface area (Å²) in [7, 11) is 0. The highest BCUT2D eigenvalue weighted by Gasteiger charge is 2.25. The van der Waals surface area contributed by atoms with Gasteiger partial charge in [0.1, 0.15) is 12.2 Å². The number of rotatable bonds is 6. The number of nitrogens with one attached hydrogen (secondary N) is 1. The Balaban J connectivity index is 2.70. The van der Waals surface area contributed by atoms with E-state index < -0.39 is 17.8 Å². The highest BCUT2D eigenvalue weighted by molar-refractivity contribution is 5.97. The van der Waals surface area contributed by atoms with Gasteiger partial charge in [0.15, 0.2) is 0 Å². The summed E-state index contributed by atoms with van der Waals surface area (Å²) in [6.07, 6.45) is 0.625. The zero-order chi connectivity index (χ0) is 12.7. The molecule has 5 heteroatoms. The number of carbonyl (C=O) groups is 3. The molecule has 17 heavy (non-hydrogen) atoms. The molecule has 0 bridgehead atoms.